The number of rotatable bonds is 2. The summed E-state index contributed by atoms with van der Waals surface area (Å²) < 4.78 is 0. The van der Waals surface area contributed by atoms with Gasteiger partial charge in [0, 0.05) is 29.5 Å². The predicted octanol–water partition coefficient (Wildman–Crippen LogP) is 3.79. The van der Waals surface area contributed by atoms with Crippen molar-refractivity contribution in [3.63, 3.8) is 0 Å². The average molecular weight is 385 g/mol. The van der Waals surface area contributed by atoms with Gasteiger partial charge < -0.3 is 4.90 Å². The second-order valence-corrected chi connectivity index (χ2v) is 9.06. The monoisotopic (exact) mass is 385 g/mol. The van der Waals surface area contributed by atoms with Gasteiger partial charge in [-0.1, -0.05) is 36.4 Å². The lowest BCUT2D eigenvalue weighted by Gasteiger charge is -2.57. The molecule has 0 bridgehead atoms. The zero-order chi connectivity index (χ0) is 19.6. The van der Waals surface area contributed by atoms with Gasteiger partial charge in [-0.2, -0.15) is 5.10 Å². The minimum absolute atomic E-state index is 0.126. The van der Waals surface area contributed by atoms with Crippen molar-refractivity contribution in [2.45, 2.75) is 38.0 Å². The Morgan fingerprint density at radius 1 is 1.00 bits per heavy atom. The van der Waals surface area contributed by atoms with Gasteiger partial charge in [0.05, 0.1) is 11.1 Å². The van der Waals surface area contributed by atoms with Crippen LogP contribution in [0.15, 0.2) is 53.3 Å². The van der Waals surface area contributed by atoms with E-state index in [1.54, 1.807) is 0 Å². The number of fused-ring (bicyclic) bond motifs is 2. The van der Waals surface area contributed by atoms with Crippen molar-refractivity contribution in [2.24, 2.45) is 11.3 Å². The predicted molar refractivity (Wildman–Crippen MR) is 112 cm³/mol. The van der Waals surface area contributed by atoms with Crippen LogP contribution in [0.2, 0.25) is 0 Å². The molecule has 29 heavy (non-hydrogen) atoms. The lowest BCUT2D eigenvalue weighted by molar-refractivity contribution is -0.135. The van der Waals surface area contributed by atoms with Crippen molar-refractivity contribution >= 4 is 22.4 Å². The van der Waals surface area contributed by atoms with Crippen LogP contribution in [0.1, 0.15) is 42.9 Å². The number of nitrogens with zero attached hydrogens (tertiary/aromatic N) is 2. The van der Waals surface area contributed by atoms with E-state index < -0.39 is 0 Å². The Balaban J connectivity index is 1.15. The number of benzene rings is 2. The summed E-state index contributed by atoms with van der Waals surface area (Å²) in [7, 11) is 0. The number of carbonyl (C=O) groups is 1. The summed E-state index contributed by atoms with van der Waals surface area (Å²) in [4.78, 5) is 27.1. The van der Waals surface area contributed by atoms with E-state index in [4.69, 9.17) is 0 Å². The van der Waals surface area contributed by atoms with E-state index in [1.165, 1.54) is 5.56 Å². The molecular weight excluding hydrogens is 362 g/mol. The van der Waals surface area contributed by atoms with Crippen LogP contribution >= 0.6 is 0 Å². The molecule has 6 rings (SSSR count). The molecule has 3 aromatic rings. The molecule has 2 aromatic carbocycles. The molecule has 146 valence electrons. The van der Waals surface area contributed by atoms with E-state index in [9.17, 15) is 9.59 Å². The third kappa shape index (κ3) is 2.49. The summed E-state index contributed by atoms with van der Waals surface area (Å²) in [5, 5.41) is 8.73. The van der Waals surface area contributed by atoms with Gasteiger partial charge in [-0.15, -0.1) is 0 Å². The minimum atomic E-state index is -0.126. The Labute approximate surface area is 168 Å². The summed E-state index contributed by atoms with van der Waals surface area (Å²) in [5.41, 5.74) is 3.57. The van der Waals surface area contributed by atoms with Crippen LogP contribution in [-0.2, 0) is 11.2 Å². The molecule has 2 fully saturated rings. The van der Waals surface area contributed by atoms with Crippen LogP contribution in [0.3, 0.4) is 0 Å². The van der Waals surface area contributed by atoms with Gasteiger partial charge in [0.25, 0.3) is 5.56 Å². The number of aromatic nitrogens is 2. The maximum Gasteiger partial charge on any atom is 0.272 e. The molecule has 2 aliphatic carbocycles. The largest absolute Gasteiger partial charge is 0.312 e. The normalized spacial score (nSPS) is 27.5. The fourth-order valence-electron chi connectivity index (χ4n) is 5.91. The highest BCUT2D eigenvalue weighted by molar-refractivity contribution is 5.97. The number of H-pyrrole nitrogens is 1. The SMILES string of the molecule is O=C(C1CC2(C1)CC(c1n[nH]c(=O)c3ccccc13)C2)N1CCc2ccccc21. The van der Waals surface area contributed by atoms with Crippen molar-refractivity contribution < 1.29 is 4.79 Å². The molecule has 1 amide bonds. The topological polar surface area (TPSA) is 66.1 Å². The first-order valence-corrected chi connectivity index (χ1v) is 10.5. The van der Waals surface area contributed by atoms with E-state index in [1.807, 2.05) is 41.3 Å². The standard InChI is InChI=1S/C24H23N3O2/c28-22-19-7-3-2-6-18(19)21(25-26-22)16-11-24(12-16)13-17(14-24)23(29)27-10-9-15-5-1-4-8-20(15)27/h1-8,16-17H,9-14H2,(H,26,28). The number of amides is 1. The molecule has 2 heterocycles. The smallest absolute Gasteiger partial charge is 0.272 e. The summed E-state index contributed by atoms with van der Waals surface area (Å²) in [6, 6.07) is 16.0. The molecule has 0 atom stereocenters. The van der Waals surface area contributed by atoms with Crippen LogP contribution < -0.4 is 10.5 Å². The Morgan fingerprint density at radius 2 is 1.72 bits per heavy atom. The zero-order valence-corrected chi connectivity index (χ0v) is 16.2. The maximum absolute atomic E-state index is 13.1. The van der Waals surface area contributed by atoms with Gasteiger partial charge in [-0.3, -0.25) is 9.59 Å². The van der Waals surface area contributed by atoms with Crippen molar-refractivity contribution in [3.8, 4) is 0 Å². The van der Waals surface area contributed by atoms with Crippen molar-refractivity contribution in [3.05, 3.63) is 70.1 Å². The minimum Gasteiger partial charge on any atom is -0.312 e. The molecule has 1 aliphatic heterocycles. The summed E-state index contributed by atoms with van der Waals surface area (Å²) in [5.74, 6) is 0.833. The zero-order valence-electron chi connectivity index (χ0n) is 16.2. The maximum atomic E-state index is 13.1. The van der Waals surface area contributed by atoms with Crippen molar-refractivity contribution in [1.82, 2.24) is 10.2 Å². The number of hydrogen-bond acceptors (Lipinski definition) is 3. The molecule has 0 saturated heterocycles. The molecule has 5 heteroatoms. The van der Waals surface area contributed by atoms with Crippen molar-refractivity contribution in [2.75, 3.05) is 11.4 Å². The molecule has 0 radical (unpaired) electrons. The Bertz CT molecular complexity index is 1180. The molecular formula is C24H23N3O2. The number of nitrogens with one attached hydrogen (secondary N) is 1. The van der Waals surface area contributed by atoms with Gasteiger partial charge in [-0.25, -0.2) is 5.10 Å². The Hall–Kier alpha value is -2.95. The van der Waals surface area contributed by atoms with Gasteiger partial charge in [0.15, 0.2) is 0 Å². The number of hydrogen-bond donors (Lipinski definition) is 1. The first-order valence-electron chi connectivity index (χ1n) is 10.5. The number of para-hydroxylation sites is 1. The molecule has 3 aliphatic rings. The van der Waals surface area contributed by atoms with E-state index in [0.29, 0.717) is 22.6 Å². The second-order valence-electron chi connectivity index (χ2n) is 9.06. The lowest BCUT2D eigenvalue weighted by Crippen LogP contribution is -2.52. The molecule has 1 N–H and O–H groups in total. The molecule has 1 aromatic heterocycles. The van der Waals surface area contributed by atoms with E-state index >= 15 is 0 Å². The van der Waals surface area contributed by atoms with E-state index in [-0.39, 0.29) is 11.5 Å². The highest BCUT2D eigenvalue weighted by Crippen LogP contribution is 2.64. The Kier molecular flexibility index (Phi) is 3.52. The molecule has 5 nitrogen and oxygen atoms in total. The van der Waals surface area contributed by atoms with Crippen LogP contribution in [0.5, 0.6) is 0 Å². The highest BCUT2D eigenvalue weighted by atomic mass is 16.2. The summed E-state index contributed by atoms with van der Waals surface area (Å²) in [6.45, 7) is 0.817. The number of aromatic amines is 1. The van der Waals surface area contributed by atoms with Crippen LogP contribution in [0.4, 0.5) is 5.69 Å². The Morgan fingerprint density at radius 3 is 2.55 bits per heavy atom. The fraction of sp³-hybridized carbons (Fsp3) is 0.375. The third-order valence-electron chi connectivity index (χ3n) is 7.33. The molecule has 2 saturated carbocycles. The molecule has 1 spiro atoms. The third-order valence-corrected chi connectivity index (χ3v) is 7.33. The summed E-state index contributed by atoms with van der Waals surface area (Å²) >= 11 is 0. The van der Waals surface area contributed by atoms with Crippen LogP contribution in [0.25, 0.3) is 10.8 Å². The lowest BCUT2D eigenvalue weighted by atomic mass is 9.47. The van der Waals surface area contributed by atoms with E-state index in [2.05, 4.69) is 22.3 Å². The quantitative estimate of drug-likeness (QED) is 0.730. The van der Waals surface area contributed by atoms with Gasteiger partial charge >= 0.3 is 0 Å². The van der Waals surface area contributed by atoms with Crippen LogP contribution in [0, 0.1) is 11.3 Å². The van der Waals surface area contributed by atoms with Crippen LogP contribution in [-0.4, -0.2) is 22.6 Å². The fourth-order valence-corrected chi connectivity index (χ4v) is 5.91. The average Bonchev–Trinajstić information content (AvgIpc) is 3.11. The molecule has 0 unspecified atom stereocenters. The van der Waals surface area contributed by atoms with Gasteiger partial charge in [-0.05, 0) is 55.2 Å². The van der Waals surface area contributed by atoms with Gasteiger partial charge in [0.2, 0.25) is 5.91 Å². The number of anilines is 1. The first-order chi connectivity index (χ1) is 14.1. The van der Waals surface area contributed by atoms with Gasteiger partial charge in [0.1, 0.15) is 0 Å². The van der Waals surface area contributed by atoms with E-state index in [0.717, 1.165) is 55.4 Å². The number of carbonyl (C=O) groups excluding carboxylic acids is 1. The first kappa shape index (κ1) is 17.0. The van der Waals surface area contributed by atoms with Crippen molar-refractivity contribution in [1.29, 1.82) is 0 Å². The second kappa shape index (κ2) is 6.02. The summed E-state index contributed by atoms with van der Waals surface area (Å²) in [6.07, 6.45) is 5.07. The highest BCUT2D eigenvalue weighted by Gasteiger charge is 2.56.